The minimum absolute atomic E-state index is 0.0408. The van der Waals surface area contributed by atoms with E-state index in [9.17, 15) is 14.7 Å². The topological polar surface area (TPSA) is 69.6 Å². The number of halogens is 1. The molecule has 0 bridgehead atoms. The van der Waals surface area contributed by atoms with E-state index in [1.54, 1.807) is 24.1 Å². The van der Waals surface area contributed by atoms with Gasteiger partial charge >= 0.3 is 0 Å². The first-order valence-corrected chi connectivity index (χ1v) is 7.31. The highest BCUT2D eigenvalue weighted by atomic mass is 79.9. The van der Waals surface area contributed by atoms with E-state index in [-0.39, 0.29) is 29.0 Å². The molecule has 20 heavy (non-hydrogen) atoms. The predicted octanol–water partition coefficient (Wildman–Crippen LogP) is 1.75. The fourth-order valence-corrected chi connectivity index (χ4v) is 2.79. The van der Waals surface area contributed by atoms with Gasteiger partial charge in [-0.3, -0.25) is 9.59 Å². The minimum Gasteiger partial charge on any atom is -0.507 e. The third-order valence-electron chi connectivity index (χ3n) is 3.51. The molecular formula is C14H17BrN2O3. The maximum absolute atomic E-state index is 12.4. The minimum atomic E-state index is -0.239. The summed E-state index contributed by atoms with van der Waals surface area (Å²) in [5.74, 6) is -0.495. The molecule has 1 saturated heterocycles. The number of phenols is 1. The average molecular weight is 341 g/mol. The second-order valence-electron chi connectivity index (χ2n) is 4.87. The number of hydrogen-bond acceptors (Lipinski definition) is 3. The molecule has 0 saturated carbocycles. The Morgan fingerprint density at radius 1 is 1.45 bits per heavy atom. The van der Waals surface area contributed by atoms with Gasteiger partial charge in [-0.1, -0.05) is 15.9 Å². The Bertz CT molecular complexity index is 533. The molecule has 0 aromatic heterocycles. The summed E-state index contributed by atoms with van der Waals surface area (Å²) in [5.41, 5.74) is 0.261. The van der Waals surface area contributed by atoms with Crippen LogP contribution in [0.25, 0.3) is 0 Å². The summed E-state index contributed by atoms with van der Waals surface area (Å²) < 4.78 is 0.735. The zero-order valence-electron chi connectivity index (χ0n) is 11.2. The number of likely N-dealkylation sites (tertiary alicyclic amines) is 1. The van der Waals surface area contributed by atoms with Crippen LogP contribution in [0.1, 0.15) is 23.2 Å². The van der Waals surface area contributed by atoms with Crippen molar-refractivity contribution in [1.29, 1.82) is 0 Å². The highest BCUT2D eigenvalue weighted by molar-refractivity contribution is 9.10. The Kier molecular flexibility index (Phi) is 4.65. The molecule has 1 aromatic carbocycles. The summed E-state index contributed by atoms with van der Waals surface area (Å²) in [7, 11) is 1.60. The smallest absolute Gasteiger partial charge is 0.257 e. The molecule has 5 nitrogen and oxygen atoms in total. The number of piperidine rings is 1. The van der Waals surface area contributed by atoms with Gasteiger partial charge in [0.2, 0.25) is 5.91 Å². The molecule has 2 amide bonds. The van der Waals surface area contributed by atoms with Gasteiger partial charge < -0.3 is 15.3 Å². The molecule has 1 aliphatic rings. The lowest BCUT2D eigenvalue weighted by molar-refractivity contribution is -0.125. The molecule has 0 spiro atoms. The van der Waals surface area contributed by atoms with Gasteiger partial charge in [0.25, 0.3) is 5.91 Å². The number of benzene rings is 1. The lowest BCUT2D eigenvalue weighted by Gasteiger charge is -2.32. The van der Waals surface area contributed by atoms with E-state index in [0.29, 0.717) is 13.1 Å². The Morgan fingerprint density at radius 3 is 2.90 bits per heavy atom. The van der Waals surface area contributed by atoms with E-state index >= 15 is 0 Å². The number of carbonyl (C=O) groups excluding carboxylic acids is 2. The monoisotopic (exact) mass is 340 g/mol. The van der Waals surface area contributed by atoms with Crippen LogP contribution < -0.4 is 5.32 Å². The number of aromatic hydroxyl groups is 1. The third-order valence-corrected chi connectivity index (χ3v) is 4.01. The van der Waals surface area contributed by atoms with Gasteiger partial charge in [0.15, 0.2) is 0 Å². The molecule has 2 rings (SSSR count). The van der Waals surface area contributed by atoms with Crippen molar-refractivity contribution in [2.75, 3.05) is 20.1 Å². The maximum atomic E-state index is 12.4. The van der Waals surface area contributed by atoms with Crippen LogP contribution in [0.4, 0.5) is 0 Å². The summed E-state index contributed by atoms with van der Waals surface area (Å²) >= 11 is 3.29. The van der Waals surface area contributed by atoms with E-state index in [4.69, 9.17) is 0 Å². The third kappa shape index (κ3) is 3.12. The molecule has 6 heteroatoms. The maximum Gasteiger partial charge on any atom is 0.257 e. The summed E-state index contributed by atoms with van der Waals surface area (Å²) in [6.45, 7) is 1.00. The van der Waals surface area contributed by atoms with Crippen molar-refractivity contribution in [1.82, 2.24) is 10.2 Å². The molecule has 2 N–H and O–H groups in total. The normalized spacial score (nSPS) is 18.7. The van der Waals surface area contributed by atoms with Crippen molar-refractivity contribution in [3.63, 3.8) is 0 Å². The fourth-order valence-electron chi connectivity index (χ4n) is 2.43. The summed E-state index contributed by atoms with van der Waals surface area (Å²) in [6.07, 6.45) is 1.58. The van der Waals surface area contributed by atoms with Crippen molar-refractivity contribution in [2.24, 2.45) is 5.92 Å². The van der Waals surface area contributed by atoms with Crippen molar-refractivity contribution in [2.45, 2.75) is 12.8 Å². The lowest BCUT2D eigenvalue weighted by Crippen LogP contribution is -2.44. The molecular weight excluding hydrogens is 324 g/mol. The van der Waals surface area contributed by atoms with Gasteiger partial charge in [-0.2, -0.15) is 0 Å². The molecule has 1 aliphatic heterocycles. The van der Waals surface area contributed by atoms with Crippen LogP contribution in [0.2, 0.25) is 0 Å². The standard InChI is InChI=1S/C14H17BrN2O3/c1-16-13(19)9-3-2-6-17(8-9)14(20)11-7-10(15)4-5-12(11)18/h4-5,7,9,18H,2-3,6,8H2,1H3,(H,16,19). The van der Waals surface area contributed by atoms with E-state index < -0.39 is 0 Å². The molecule has 0 radical (unpaired) electrons. The van der Waals surface area contributed by atoms with Gasteiger partial charge in [-0.05, 0) is 31.0 Å². The predicted molar refractivity (Wildman–Crippen MR) is 78.5 cm³/mol. The first kappa shape index (κ1) is 14.8. The first-order valence-electron chi connectivity index (χ1n) is 6.52. The summed E-state index contributed by atoms with van der Waals surface area (Å²) in [5, 5.41) is 12.4. The van der Waals surface area contributed by atoms with Gasteiger partial charge in [-0.15, -0.1) is 0 Å². The van der Waals surface area contributed by atoms with Crippen molar-refractivity contribution in [3.8, 4) is 5.75 Å². The van der Waals surface area contributed by atoms with Crippen LogP contribution in [0.5, 0.6) is 5.75 Å². The zero-order chi connectivity index (χ0) is 14.7. The van der Waals surface area contributed by atoms with Crippen LogP contribution >= 0.6 is 15.9 Å². The molecule has 108 valence electrons. The van der Waals surface area contributed by atoms with Gasteiger partial charge in [0.1, 0.15) is 5.75 Å². The van der Waals surface area contributed by atoms with E-state index in [2.05, 4.69) is 21.2 Å². The quantitative estimate of drug-likeness (QED) is 0.861. The van der Waals surface area contributed by atoms with Crippen LogP contribution in [0.15, 0.2) is 22.7 Å². The Labute approximate surface area is 126 Å². The number of nitrogens with zero attached hydrogens (tertiary/aromatic N) is 1. The van der Waals surface area contributed by atoms with Crippen molar-refractivity contribution in [3.05, 3.63) is 28.2 Å². The SMILES string of the molecule is CNC(=O)C1CCCN(C(=O)c2cc(Br)ccc2O)C1. The number of amides is 2. The second kappa shape index (κ2) is 6.26. The molecule has 1 atom stereocenters. The Balaban J connectivity index is 2.16. The highest BCUT2D eigenvalue weighted by Gasteiger charge is 2.29. The number of phenolic OH excluding ortho intramolecular Hbond substituents is 1. The van der Waals surface area contributed by atoms with Crippen LogP contribution in [0, 0.1) is 5.92 Å². The molecule has 1 unspecified atom stereocenters. The van der Waals surface area contributed by atoms with Crippen molar-refractivity contribution < 1.29 is 14.7 Å². The molecule has 1 aromatic rings. The zero-order valence-corrected chi connectivity index (χ0v) is 12.8. The van der Waals surface area contributed by atoms with Gasteiger partial charge in [-0.25, -0.2) is 0 Å². The van der Waals surface area contributed by atoms with Crippen LogP contribution in [0.3, 0.4) is 0 Å². The number of carbonyl (C=O) groups is 2. The van der Waals surface area contributed by atoms with E-state index in [0.717, 1.165) is 17.3 Å². The molecule has 1 heterocycles. The molecule has 1 fully saturated rings. The number of rotatable bonds is 2. The largest absolute Gasteiger partial charge is 0.507 e. The summed E-state index contributed by atoms with van der Waals surface area (Å²) in [6, 6.07) is 4.76. The van der Waals surface area contributed by atoms with Crippen LogP contribution in [-0.2, 0) is 4.79 Å². The van der Waals surface area contributed by atoms with Gasteiger partial charge in [0, 0.05) is 24.6 Å². The Hall–Kier alpha value is -1.56. The van der Waals surface area contributed by atoms with E-state index in [1.165, 1.54) is 6.07 Å². The number of hydrogen-bond donors (Lipinski definition) is 2. The Morgan fingerprint density at radius 2 is 2.20 bits per heavy atom. The average Bonchev–Trinajstić information content (AvgIpc) is 2.48. The fraction of sp³-hybridized carbons (Fsp3) is 0.429. The lowest BCUT2D eigenvalue weighted by atomic mass is 9.96. The van der Waals surface area contributed by atoms with E-state index in [1.807, 2.05) is 0 Å². The van der Waals surface area contributed by atoms with Crippen LogP contribution in [-0.4, -0.2) is 42.0 Å². The summed E-state index contributed by atoms with van der Waals surface area (Å²) in [4.78, 5) is 25.8. The van der Waals surface area contributed by atoms with Crippen molar-refractivity contribution >= 4 is 27.7 Å². The van der Waals surface area contributed by atoms with Gasteiger partial charge in [0.05, 0.1) is 11.5 Å². The number of nitrogens with one attached hydrogen (secondary N) is 1. The first-order chi connectivity index (χ1) is 9.52. The highest BCUT2D eigenvalue weighted by Crippen LogP contribution is 2.25. The molecule has 0 aliphatic carbocycles. The second-order valence-corrected chi connectivity index (χ2v) is 5.78.